The molecular formula is C51H60N4O4S2. The Hall–Kier alpha value is -4.87. The van der Waals surface area contributed by atoms with Crippen molar-refractivity contribution in [2.75, 3.05) is 30.9 Å². The number of amides is 2. The molecule has 8 nitrogen and oxygen atoms in total. The minimum Gasteiger partial charge on any atom is -0.480 e. The smallest absolute Gasteiger partial charge is 0.326 e. The molecule has 1 heterocycles. The van der Waals surface area contributed by atoms with E-state index in [1.54, 1.807) is 4.90 Å². The number of carboxylic acids is 1. The Bertz CT molecular complexity index is 2030. The molecule has 4 atom stereocenters. The van der Waals surface area contributed by atoms with Gasteiger partial charge in [0.2, 0.25) is 11.8 Å². The van der Waals surface area contributed by atoms with Crippen molar-refractivity contribution in [1.82, 2.24) is 20.9 Å². The number of rotatable bonds is 22. The molecule has 6 rings (SSSR count). The second kappa shape index (κ2) is 22.8. The minimum absolute atomic E-state index is 0.0285. The van der Waals surface area contributed by atoms with Crippen LogP contribution in [0, 0.1) is 5.92 Å². The molecule has 0 fully saturated rings. The first-order valence-corrected chi connectivity index (χ1v) is 23.8. The first-order chi connectivity index (χ1) is 29.7. The van der Waals surface area contributed by atoms with Gasteiger partial charge in [0.25, 0.3) is 0 Å². The predicted octanol–water partition coefficient (Wildman–Crippen LogP) is 8.19. The van der Waals surface area contributed by atoms with Crippen LogP contribution in [0.1, 0.15) is 60.1 Å². The number of benzene rings is 5. The molecule has 10 heteroatoms. The number of nitrogens with zero attached hydrogens (tertiary/aromatic N) is 1. The number of aryl methyl sites for hydroxylation is 1. The van der Waals surface area contributed by atoms with Crippen molar-refractivity contribution in [2.24, 2.45) is 5.92 Å². The van der Waals surface area contributed by atoms with E-state index in [-0.39, 0.29) is 24.4 Å². The highest BCUT2D eigenvalue weighted by Gasteiger charge is 2.41. The fraction of sp³-hybridized carbons (Fsp3) is 0.353. The average Bonchev–Trinajstić information content (AvgIpc) is 3.29. The van der Waals surface area contributed by atoms with Crippen LogP contribution in [-0.4, -0.2) is 82.8 Å². The summed E-state index contributed by atoms with van der Waals surface area (Å²) in [5, 5.41) is 20.3. The number of thioether (sulfide) groups is 2. The van der Waals surface area contributed by atoms with Crippen LogP contribution in [0.2, 0.25) is 0 Å². The fourth-order valence-electron chi connectivity index (χ4n) is 8.23. The molecule has 320 valence electrons. The first-order valence-electron chi connectivity index (χ1n) is 21.4. The van der Waals surface area contributed by atoms with E-state index in [1.807, 2.05) is 62.2 Å². The van der Waals surface area contributed by atoms with E-state index in [9.17, 15) is 19.5 Å². The summed E-state index contributed by atoms with van der Waals surface area (Å²) in [6, 6.07) is 48.0. The maximum Gasteiger partial charge on any atom is 0.326 e. The van der Waals surface area contributed by atoms with Crippen LogP contribution >= 0.6 is 23.5 Å². The van der Waals surface area contributed by atoms with Crippen LogP contribution in [0.25, 0.3) is 0 Å². The SMILES string of the molecule is CSCCC(NC(=O)C1Cc2ccccc2CN1C(=O)[C@@H](NCC(CSC(c1ccccc1)(c1ccccc1)c1ccccc1)NCCCc1ccccc1)C(C)C)C(=O)O. The molecule has 1 aliphatic rings. The molecule has 0 spiro atoms. The molecule has 61 heavy (non-hydrogen) atoms. The van der Waals surface area contributed by atoms with Crippen molar-refractivity contribution < 1.29 is 19.5 Å². The van der Waals surface area contributed by atoms with Crippen LogP contribution in [0.15, 0.2) is 146 Å². The van der Waals surface area contributed by atoms with Gasteiger partial charge in [0.05, 0.1) is 10.8 Å². The van der Waals surface area contributed by atoms with Gasteiger partial charge >= 0.3 is 5.97 Å². The standard InChI is InChI=1S/C51H60N4O4S2/c1-37(2)47(49(57)55-35-40-23-17-16-22-39(40)33-46(55)48(56)54-45(50(58)59)30-32-60-3)53-34-44(52-31-18-21-38-19-8-4-9-20-38)36-61-51(41-24-10-5-11-25-41,42-26-12-6-13-27-42)43-28-14-7-15-29-43/h4-17,19-20,22-29,37,44-47,52-53H,18,21,30-36H2,1-3H3,(H,54,56)(H,58,59)/t44?,45?,46?,47-/m0/s1. The Balaban J connectivity index is 1.27. The molecule has 4 N–H and O–H groups in total. The highest BCUT2D eigenvalue weighted by Crippen LogP contribution is 2.48. The lowest BCUT2D eigenvalue weighted by atomic mass is 9.84. The van der Waals surface area contributed by atoms with Gasteiger partial charge in [-0.25, -0.2) is 4.79 Å². The van der Waals surface area contributed by atoms with Gasteiger partial charge in [-0.15, -0.1) is 11.8 Å². The first kappa shape index (κ1) is 45.7. The monoisotopic (exact) mass is 856 g/mol. The summed E-state index contributed by atoms with van der Waals surface area (Å²) < 4.78 is -0.508. The minimum atomic E-state index is -1.07. The predicted molar refractivity (Wildman–Crippen MR) is 252 cm³/mol. The third-order valence-electron chi connectivity index (χ3n) is 11.5. The summed E-state index contributed by atoms with van der Waals surface area (Å²) in [6.07, 6.45) is 4.44. The molecule has 0 aliphatic carbocycles. The lowest BCUT2D eigenvalue weighted by Crippen LogP contribution is -2.60. The van der Waals surface area contributed by atoms with E-state index in [2.05, 4.69) is 131 Å². The number of aliphatic carboxylic acids is 1. The van der Waals surface area contributed by atoms with Gasteiger partial charge in [-0.2, -0.15) is 11.8 Å². The van der Waals surface area contributed by atoms with E-state index in [0.717, 1.165) is 36.3 Å². The van der Waals surface area contributed by atoms with Gasteiger partial charge in [0.1, 0.15) is 12.1 Å². The Morgan fingerprint density at radius 1 is 0.754 bits per heavy atom. The van der Waals surface area contributed by atoms with Crippen molar-refractivity contribution >= 4 is 41.3 Å². The van der Waals surface area contributed by atoms with E-state index in [0.29, 0.717) is 25.1 Å². The highest BCUT2D eigenvalue weighted by molar-refractivity contribution is 8.00. The normalized spacial score (nSPS) is 15.4. The molecule has 2 amide bonds. The van der Waals surface area contributed by atoms with E-state index in [4.69, 9.17) is 0 Å². The Kier molecular flexibility index (Phi) is 17.1. The molecule has 1 aliphatic heterocycles. The van der Waals surface area contributed by atoms with Crippen molar-refractivity contribution in [1.29, 1.82) is 0 Å². The van der Waals surface area contributed by atoms with Gasteiger partial charge < -0.3 is 26.0 Å². The molecule has 0 radical (unpaired) electrons. The number of hydrogen-bond acceptors (Lipinski definition) is 7. The fourth-order valence-corrected chi connectivity index (χ4v) is 10.3. The molecule has 0 saturated heterocycles. The molecule has 5 aromatic carbocycles. The summed E-state index contributed by atoms with van der Waals surface area (Å²) in [5.41, 5.74) is 6.86. The molecule has 3 unspecified atom stereocenters. The number of carbonyl (C=O) groups is 3. The third kappa shape index (κ3) is 11.9. The average molecular weight is 857 g/mol. The van der Waals surface area contributed by atoms with Gasteiger partial charge in [0.15, 0.2) is 0 Å². The summed E-state index contributed by atoms with van der Waals surface area (Å²) in [4.78, 5) is 42.8. The third-order valence-corrected chi connectivity index (χ3v) is 13.9. The topological polar surface area (TPSA) is 111 Å². The second-order valence-electron chi connectivity index (χ2n) is 16.1. The van der Waals surface area contributed by atoms with Crippen LogP contribution < -0.4 is 16.0 Å². The molecule has 0 aromatic heterocycles. The zero-order valence-electron chi connectivity index (χ0n) is 35.5. The largest absolute Gasteiger partial charge is 0.480 e. The number of nitrogens with one attached hydrogen (secondary N) is 3. The van der Waals surface area contributed by atoms with Crippen LogP contribution in [0.5, 0.6) is 0 Å². The van der Waals surface area contributed by atoms with Gasteiger partial charge in [0, 0.05) is 31.3 Å². The van der Waals surface area contributed by atoms with Crippen molar-refractivity contribution in [3.8, 4) is 0 Å². The lowest BCUT2D eigenvalue weighted by molar-refractivity contribution is -0.146. The summed E-state index contributed by atoms with van der Waals surface area (Å²) in [6.45, 7) is 5.65. The van der Waals surface area contributed by atoms with Crippen LogP contribution in [-0.2, 0) is 38.5 Å². The summed E-state index contributed by atoms with van der Waals surface area (Å²) >= 11 is 3.43. The van der Waals surface area contributed by atoms with Gasteiger partial charge in [-0.05, 0) is 77.1 Å². The molecule has 0 saturated carbocycles. The molecule has 0 bridgehead atoms. The molecule has 5 aromatic rings. The highest BCUT2D eigenvalue weighted by atomic mass is 32.2. The van der Waals surface area contributed by atoms with E-state index < -0.39 is 34.7 Å². The Labute approximate surface area is 370 Å². The maximum absolute atomic E-state index is 14.9. The van der Waals surface area contributed by atoms with Crippen molar-refractivity contribution in [3.05, 3.63) is 179 Å². The maximum atomic E-state index is 14.9. The summed E-state index contributed by atoms with van der Waals surface area (Å²) in [7, 11) is 0. The quantitative estimate of drug-likeness (QED) is 0.0408. The van der Waals surface area contributed by atoms with Crippen molar-refractivity contribution in [2.45, 2.75) is 75.0 Å². The Morgan fingerprint density at radius 2 is 1.30 bits per heavy atom. The second-order valence-corrected chi connectivity index (χ2v) is 18.3. The van der Waals surface area contributed by atoms with Crippen LogP contribution in [0.4, 0.5) is 0 Å². The van der Waals surface area contributed by atoms with Crippen molar-refractivity contribution in [3.63, 3.8) is 0 Å². The van der Waals surface area contributed by atoms with E-state index >= 15 is 0 Å². The van der Waals surface area contributed by atoms with E-state index in [1.165, 1.54) is 34.0 Å². The number of carboxylic acid groups (broad SMARTS) is 1. The zero-order chi connectivity index (χ0) is 43.0. The van der Waals surface area contributed by atoms with Gasteiger partial charge in [-0.1, -0.05) is 159 Å². The van der Waals surface area contributed by atoms with Gasteiger partial charge in [-0.3, -0.25) is 9.59 Å². The van der Waals surface area contributed by atoms with Crippen LogP contribution in [0.3, 0.4) is 0 Å². The lowest BCUT2D eigenvalue weighted by Gasteiger charge is -2.40. The Morgan fingerprint density at radius 3 is 1.84 bits per heavy atom. The number of carbonyl (C=O) groups excluding carboxylic acids is 2. The zero-order valence-corrected chi connectivity index (χ0v) is 37.2. The number of hydrogen-bond donors (Lipinski definition) is 4. The summed E-state index contributed by atoms with van der Waals surface area (Å²) in [5.74, 6) is -0.449. The molecular weight excluding hydrogens is 797 g/mol. The number of fused-ring (bicyclic) bond motifs is 1.